The zero-order valence-electron chi connectivity index (χ0n) is 19.7. The quantitative estimate of drug-likeness (QED) is 0.380. The number of aromatic amines is 1. The lowest BCUT2D eigenvalue weighted by molar-refractivity contribution is 0.0746. The van der Waals surface area contributed by atoms with Crippen molar-refractivity contribution in [1.29, 1.82) is 0 Å². The highest BCUT2D eigenvalue weighted by atomic mass is 16.5. The largest absolute Gasteiger partial charge is 0.507 e. The number of aromatic nitrogens is 2. The number of nitrogens with one attached hydrogen (secondary N) is 1. The highest BCUT2D eigenvalue weighted by Gasteiger charge is 2.42. The number of fused-ring (bicyclic) bond motifs is 1. The first-order valence-corrected chi connectivity index (χ1v) is 11.6. The molecule has 35 heavy (non-hydrogen) atoms. The van der Waals surface area contributed by atoms with Gasteiger partial charge in [0.25, 0.3) is 5.91 Å². The molecule has 2 N–H and O–H groups in total. The van der Waals surface area contributed by atoms with Gasteiger partial charge in [0.15, 0.2) is 0 Å². The van der Waals surface area contributed by atoms with Crippen LogP contribution >= 0.6 is 0 Å². The first-order chi connectivity index (χ1) is 17.1. The number of methoxy groups -OCH3 is 1. The third-order valence-electron chi connectivity index (χ3n) is 6.33. The zero-order chi connectivity index (χ0) is 24.4. The van der Waals surface area contributed by atoms with E-state index in [1.807, 2.05) is 72.5 Å². The van der Waals surface area contributed by atoms with Crippen molar-refractivity contribution in [2.45, 2.75) is 19.4 Å². The molecule has 7 nitrogen and oxygen atoms in total. The van der Waals surface area contributed by atoms with E-state index in [4.69, 9.17) is 9.47 Å². The number of amides is 1. The molecule has 0 saturated heterocycles. The summed E-state index contributed by atoms with van der Waals surface area (Å²) in [7, 11) is 1.64. The number of nitrogens with zero attached hydrogens (tertiary/aromatic N) is 2. The predicted octanol–water partition coefficient (Wildman–Crippen LogP) is 4.98. The molecular formula is C28H27N3O4. The molecule has 0 fully saturated rings. The monoisotopic (exact) mass is 469 g/mol. The molecule has 0 unspecified atom stereocenters. The molecule has 1 atom stereocenters. The number of hydrogen-bond donors (Lipinski definition) is 2. The first-order valence-electron chi connectivity index (χ1n) is 11.6. The van der Waals surface area contributed by atoms with Gasteiger partial charge in [-0.15, -0.1) is 0 Å². The number of phenols is 1. The van der Waals surface area contributed by atoms with Crippen LogP contribution in [-0.2, 0) is 6.42 Å². The molecule has 3 aromatic carbocycles. The van der Waals surface area contributed by atoms with Crippen molar-refractivity contribution in [3.05, 3.63) is 95.2 Å². The molecule has 0 spiro atoms. The van der Waals surface area contributed by atoms with E-state index < -0.39 is 0 Å². The normalized spacial score (nSPS) is 14.7. The Kier molecular flexibility index (Phi) is 6.14. The highest BCUT2D eigenvalue weighted by molar-refractivity contribution is 6.00. The number of hydrogen-bond acceptors (Lipinski definition) is 5. The van der Waals surface area contributed by atoms with Crippen LogP contribution in [0.3, 0.4) is 0 Å². The van der Waals surface area contributed by atoms with Gasteiger partial charge >= 0.3 is 0 Å². The van der Waals surface area contributed by atoms with Crippen molar-refractivity contribution in [1.82, 2.24) is 15.1 Å². The van der Waals surface area contributed by atoms with E-state index >= 15 is 0 Å². The van der Waals surface area contributed by atoms with Gasteiger partial charge in [-0.25, -0.2) is 0 Å². The van der Waals surface area contributed by atoms with Crippen LogP contribution in [-0.4, -0.2) is 46.4 Å². The SMILES string of the molecule is CCOc1ccc([C@@H]2c3c(-c4ccccc4O)n[nH]c3C(=O)N2CCc2ccc(OC)cc2)cc1. The van der Waals surface area contributed by atoms with E-state index in [0.717, 1.165) is 28.2 Å². The third kappa shape index (κ3) is 4.21. The van der Waals surface area contributed by atoms with Crippen LogP contribution in [0.15, 0.2) is 72.8 Å². The number of H-pyrrole nitrogens is 1. The van der Waals surface area contributed by atoms with Crippen LogP contribution in [0.5, 0.6) is 17.2 Å². The molecule has 1 aliphatic rings. The van der Waals surface area contributed by atoms with Gasteiger partial charge in [0.2, 0.25) is 0 Å². The lowest BCUT2D eigenvalue weighted by atomic mass is 9.95. The molecule has 0 aliphatic carbocycles. The molecule has 1 aliphatic heterocycles. The number of carbonyl (C=O) groups is 1. The Bertz CT molecular complexity index is 1330. The van der Waals surface area contributed by atoms with Crippen molar-refractivity contribution in [2.24, 2.45) is 0 Å². The third-order valence-corrected chi connectivity index (χ3v) is 6.33. The maximum absolute atomic E-state index is 13.5. The topological polar surface area (TPSA) is 87.7 Å². The van der Waals surface area contributed by atoms with Crippen molar-refractivity contribution in [3.63, 3.8) is 0 Å². The molecule has 4 aromatic rings. The van der Waals surface area contributed by atoms with Crippen molar-refractivity contribution in [2.75, 3.05) is 20.3 Å². The van der Waals surface area contributed by atoms with Gasteiger partial charge < -0.3 is 19.5 Å². The molecule has 0 radical (unpaired) electrons. The minimum Gasteiger partial charge on any atom is -0.507 e. The van der Waals surface area contributed by atoms with Crippen molar-refractivity contribution in [3.8, 4) is 28.5 Å². The first kappa shape index (κ1) is 22.5. The second-order valence-corrected chi connectivity index (χ2v) is 8.38. The standard InChI is InChI=1S/C28H27N3O4/c1-3-35-21-14-10-19(11-15-21)27-24-25(22-6-4-5-7-23(22)32)29-30-26(24)28(33)31(27)17-16-18-8-12-20(34-2)13-9-18/h4-15,27,32H,3,16-17H2,1-2H3,(H,29,30)/t27-/m1/s1. The zero-order valence-corrected chi connectivity index (χ0v) is 19.7. The molecule has 2 heterocycles. The number of para-hydroxylation sites is 1. The Morgan fingerprint density at radius 2 is 1.71 bits per heavy atom. The smallest absolute Gasteiger partial charge is 0.273 e. The van der Waals surface area contributed by atoms with Crippen molar-refractivity contribution >= 4 is 5.91 Å². The van der Waals surface area contributed by atoms with Crippen LogP contribution in [0.25, 0.3) is 11.3 Å². The second-order valence-electron chi connectivity index (χ2n) is 8.38. The van der Waals surface area contributed by atoms with Crippen LogP contribution in [0.1, 0.15) is 40.1 Å². The maximum Gasteiger partial charge on any atom is 0.273 e. The summed E-state index contributed by atoms with van der Waals surface area (Å²) >= 11 is 0. The van der Waals surface area contributed by atoms with Crippen molar-refractivity contribution < 1.29 is 19.4 Å². The molecule has 5 rings (SSSR count). The minimum absolute atomic E-state index is 0.110. The molecular weight excluding hydrogens is 442 g/mol. The number of aromatic hydroxyl groups is 1. The Hall–Kier alpha value is -4.26. The molecule has 0 saturated carbocycles. The average Bonchev–Trinajstić information content (AvgIpc) is 3.43. The highest BCUT2D eigenvalue weighted by Crippen LogP contribution is 2.44. The Morgan fingerprint density at radius 1 is 1.00 bits per heavy atom. The van der Waals surface area contributed by atoms with Crippen LogP contribution in [0.2, 0.25) is 0 Å². The Balaban J connectivity index is 1.53. The molecule has 0 bridgehead atoms. The van der Waals surface area contributed by atoms with Crippen LogP contribution in [0, 0.1) is 0 Å². The summed E-state index contributed by atoms with van der Waals surface area (Å²) in [5.74, 6) is 1.59. The van der Waals surface area contributed by atoms with Gasteiger partial charge in [-0.2, -0.15) is 5.10 Å². The van der Waals surface area contributed by atoms with Gasteiger partial charge in [-0.1, -0.05) is 36.4 Å². The lowest BCUT2D eigenvalue weighted by Gasteiger charge is -2.26. The average molecular weight is 470 g/mol. The number of rotatable bonds is 8. The summed E-state index contributed by atoms with van der Waals surface area (Å²) in [6.45, 7) is 3.05. The summed E-state index contributed by atoms with van der Waals surface area (Å²) in [6, 6.07) is 22.4. The Morgan fingerprint density at radius 3 is 2.40 bits per heavy atom. The minimum atomic E-state index is -0.347. The summed E-state index contributed by atoms with van der Waals surface area (Å²) in [4.78, 5) is 15.4. The second kappa shape index (κ2) is 9.54. The van der Waals surface area contributed by atoms with Gasteiger partial charge in [0.05, 0.1) is 19.8 Å². The fourth-order valence-electron chi connectivity index (χ4n) is 4.61. The van der Waals surface area contributed by atoms with E-state index in [9.17, 15) is 9.90 Å². The summed E-state index contributed by atoms with van der Waals surface area (Å²) in [5, 5.41) is 17.9. The molecule has 1 amide bonds. The number of ether oxygens (including phenoxy) is 2. The predicted molar refractivity (Wildman–Crippen MR) is 133 cm³/mol. The van der Waals surface area contributed by atoms with Crippen LogP contribution in [0.4, 0.5) is 0 Å². The maximum atomic E-state index is 13.5. The summed E-state index contributed by atoms with van der Waals surface area (Å²) in [6.07, 6.45) is 0.687. The number of benzene rings is 3. The van der Waals surface area contributed by atoms with Gasteiger partial charge in [0, 0.05) is 17.7 Å². The lowest BCUT2D eigenvalue weighted by Crippen LogP contribution is -2.31. The van der Waals surface area contributed by atoms with E-state index in [0.29, 0.717) is 36.5 Å². The summed E-state index contributed by atoms with van der Waals surface area (Å²) in [5.41, 5.74) is 4.46. The van der Waals surface area contributed by atoms with E-state index in [2.05, 4.69) is 10.2 Å². The van der Waals surface area contributed by atoms with E-state index in [1.54, 1.807) is 19.2 Å². The fourth-order valence-corrected chi connectivity index (χ4v) is 4.61. The Labute approximate surface area is 203 Å². The molecule has 1 aromatic heterocycles. The van der Waals surface area contributed by atoms with E-state index in [-0.39, 0.29) is 17.7 Å². The number of carbonyl (C=O) groups excluding carboxylic acids is 1. The van der Waals surface area contributed by atoms with Gasteiger partial charge in [0.1, 0.15) is 28.6 Å². The number of phenolic OH excluding ortho intramolecular Hbond substituents is 1. The summed E-state index contributed by atoms with van der Waals surface area (Å²) < 4.78 is 10.9. The molecule has 178 valence electrons. The van der Waals surface area contributed by atoms with Crippen LogP contribution < -0.4 is 9.47 Å². The fraction of sp³-hybridized carbons (Fsp3) is 0.214. The van der Waals surface area contributed by atoms with E-state index in [1.165, 1.54) is 0 Å². The van der Waals surface area contributed by atoms with Gasteiger partial charge in [-0.3, -0.25) is 9.89 Å². The van der Waals surface area contributed by atoms with Gasteiger partial charge in [-0.05, 0) is 60.9 Å². The molecule has 7 heteroatoms.